The third-order valence-electron chi connectivity index (χ3n) is 6.65. The molecule has 0 fully saturated rings. The molecule has 0 aromatic heterocycles. The fourth-order valence-corrected chi connectivity index (χ4v) is 4.74. The lowest BCUT2D eigenvalue weighted by Crippen LogP contribution is -2.23. The second-order valence-electron chi connectivity index (χ2n) is 8.90. The lowest BCUT2D eigenvalue weighted by molar-refractivity contribution is 0.413. The summed E-state index contributed by atoms with van der Waals surface area (Å²) in [6.45, 7) is 4.24. The zero-order valence-electron chi connectivity index (χ0n) is 20.1. The van der Waals surface area contributed by atoms with Crippen LogP contribution in [0.4, 0.5) is 0 Å². The van der Waals surface area contributed by atoms with Crippen molar-refractivity contribution in [2.45, 2.75) is 25.8 Å². The summed E-state index contributed by atoms with van der Waals surface area (Å²) in [4.78, 5) is 5.42. The fourth-order valence-electron chi connectivity index (χ4n) is 4.74. The summed E-state index contributed by atoms with van der Waals surface area (Å²) in [6.07, 6.45) is 0. The van der Waals surface area contributed by atoms with Crippen LogP contribution in [0.5, 0.6) is 11.5 Å². The molecular weight excluding hydrogens is 418 g/mol. The molecule has 0 N–H and O–H groups in total. The van der Waals surface area contributed by atoms with Gasteiger partial charge in [0.1, 0.15) is 11.5 Å². The summed E-state index contributed by atoms with van der Waals surface area (Å²) in [6, 6.07) is 32.1. The van der Waals surface area contributed by atoms with E-state index in [4.69, 9.17) is 14.5 Å². The first-order valence-corrected chi connectivity index (χ1v) is 11.6. The Balaban J connectivity index is 1.75. The highest BCUT2D eigenvalue weighted by Crippen LogP contribution is 2.46. The molecule has 34 heavy (non-hydrogen) atoms. The third-order valence-corrected chi connectivity index (χ3v) is 6.65. The van der Waals surface area contributed by atoms with Crippen LogP contribution in [0.1, 0.15) is 50.9 Å². The standard InChI is InChI=1S/C31H29NO2/c1-20-5-9-22(10-6-20)29-28-19-26(34-4)17-18-27(28)30(23-13-15-25(33-3)16-14-23)32-31(29)24-11-7-21(2)8-12-24/h5-19,29,31H,1-4H3/t29-,31-/m0/s1. The summed E-state index contributed by atoms with van der Waals surface area (Å²) in [7, 11) is 3.41. The number of nitrogens with zero attached hydrogens (tertiary/aromatic N) is 1. The smallest absolute Gasteiger partial charge is 0.119 e. The third kappa shape index (κ3) is 4.10. The summed E-state index contributed by atoms with van der Waals surface area (Å²) < 4.78 is 11.0. The molecule has 0 unspecified atom stereocenters. The molecule has 1 aliphatic heterocycles. The van der Waals surface area contributed by atoms with E-state index in [1.54, 1.807) is 14.2 Å². The van der Waals surface area contributed by atoms with E-state index in [0.29, 0.717) is 0 Å². The van der Waals surface area contributed by atoms with Crippen LogP contribution in [0.15, 0.2) is 96.0 Å². The SMILES string of the molecule is COc1ccc(C2=N[C@@H](c3ccc(C)cc3)[C@@H](c3ccc(C)cc3)c3cc(OC)ccc32)cc1. The number of fused-ring (bicyclic) bond motifs is 1. The van der Waals surface area contributed by atoms with Gasteiger partial charge in [0.25, 0.3) is 0 Å². The van der Waals surface area contributed by atoms with Crippen molar-refractivity contribution < 1.29 is 9.47 Å². The van der Waals surface area contributed by atoms with Gasteiger partial charge in [0.05, 0.1) is 26.0 Å². The first-order valence-electron chi connectivity index (χ1n) is 11.6. The van der Waals surface area contributed by atoms with Crippen molar-refractivity contribution in [2.24, 2.45) is 4.99 Å². The minimum absolute atomic E-state index is 0.0555. The Bertz CT molecular complexity index is 1320. The van der Waals surface area contributed by atoms with Gasteiger partial charge in [-0.2, -0.15) is 0 Å². The highest BCUT2D eigenvalue weighted by Gasteiger charge is 2.34. The predicted molar refractivity (Wildman–Crippen MR) is 139 cm³/mol. The lowest BCUT2D eigenvalue weighted by Gasteiger charge is -2.33. The number of methoxy groups -OCH3 is 2. The maximum absolute atomic E-state index is 5.66. The second-order valence-corrected chi connectivity index (χ2v) is 8.90. The maximum Gasteiger partial charge on any atom is 0.119 e. The van der Waals surface area contributed by atoms with Gasteiger partial charge < -0.3 is 9.47 Å². The van der Waals surface area contributed by atoms with Gasteiger partial charge in [-0.1, -0.05) is 59.7 Å². The van der Waals surface area contributed by atoms with E-state index in [1.165, 1.54) is 27.8 Å². The molecule has 0 aliphatic carbocycles. The lowest BCUT2D eigenvalue weighted by atomic mass is 9.76. The van der Waals surface area contributed by atoms with E-state index in [0.717, 1.165) is 28.3 Å². The fraction of sp³-hybridized carbons (Fsp3) is 0.194. The minimum atomic E-state index is -0.0555. The molecule has 2 atom stereocenters. The van der Waals surface area contributed by atoms with E-state index in [1.807, 2.05) is 18.2 Å². The summed E-state index contributed by atoms with van der Waals surface area (Å²) in [5, 5.41) is 0. The largest absolute Gasteiger partial charge is 0.497 e. The van der Waals surface area contributed by atoms with Crippen LogP contribution in [0.2, 0.25) is 0 Å². The van der Waals surface area contributed by atoms with E-state index in [9.17, 15) is 0 Å². The summed E-state index contributed by atoms with van der Waals surface area (Å²) in [5.41, 5.74) is 9.39. The number of aryl methyl sites for hydroxylation is 2. The average Bonchev–Trinajstić information content (AvgIpc) is 2.88. The Morgan fingerprint density at radius 2 is 1.18 bits per heavy atom. The van der Waals surface area contributed by atoms with Crippen molar-refractivity contribution in [1.82, 2.24) is 0 Å². The molecule has 0 spiro atoms. The van der Waals surface area contributed by atoms with Crippen LogP contribution in [0.25, 0.3) is 0 Å². The highest BCUT2D eigenvalue weighted by atomic mass is 16.5. The molecule has 0 saturated carbocycles. The van der Waals surface area contributed by atoms with E-state index in [2.05, 4.69) is 86.6 Å². The zero-order valence-corrected chi connectivity index (χ0v) is 20.1. The van der Waals surface area contributed by atoms with E-state index in [-0.39, 0.29) is 12.0 Å². The van der Waals surface area contributed by atoms with Crippen molar-refractivity contribution in [3.63, 3.8) is 0 Å². The molecular formula is C31H29NO2. The minimum Gasteiger partial charge on any atom is -0.497 e. The number of benzene rings is 4. The van der Waals surface area contributed by atoms with Gasteiger partial charge in [-0.3, -0.25) is 4.99 Å². The van der Waals surface area contributed by atoms with Crippen LogP contribution in [0, 0.1) is 13.8 Å². The van der Waals surface area contributed by atoms with Crippen LogP contribution >= 0.6 is 0 Å². The second kappa shape index (κ2) is 9.18. The molecule has 0 radical (unpaired) electrons. The molecule has 0 amide bonds. The van der Waals surface area contributed by atoms with Crippen molar-refractivity contribution in [1.29, 1.82) is 0 Å². The Morgan fingerprint density at radius 3 is 1.76 bits per heavy atom. The molecule has 3 nitrogen and oxygen atoms in total. The van der Waals surface area contributed by atoms with Crippen LogP contribution in [0.3, 0.4) is 0 Å². The Hall–Kier alpha value is -3.85. The molecule has 4 aromatic rings. The quantitative estimate of drug-likeness (QED) is 0.328. The maximum atomic E-state index is 5.66. The Labute approximate surface area is 201 Å². The van der Waals surface area contributed by atoms with Gasteiger partial charge in [-0.05, 0) is 73.0 Å². The summed E-state index contributed by atoms with van der Waals surface area (Å²) in [5.74, 6) is 1.77. The highest BCUT2D eigenvalue weighted by molar-refractivity contribution is 6.14. The van der Waals surface area contributed by atoms with Crippen molar-refractivity contribution in [3.8, 4) is 11.5 Å². The number of ether oxygens (including phenoxy) is 2. The van der Waals surface area contributed by atoms with Gasteiger partial charge in [0.15, 0.2) is 0 Å². The van der Waals surface area contributed by atoms with E-state index < -0.39 is 0 Å². The molecule has 5 rings (SSSR count). The number of hydrogen-bond donors (Lipinski definition) is 0. The van der Waals surface area contributed by atoms with Crippen molar-refractivity contribution >= 4 is 5.71 Å². The molecule has 170 valence electrons. The first kappa shape index (κ1) is 22.0. The molecule has 4 aromatic carbocycles. The molecule has 0 bridgehead atoms. The van der Waals surface area contributed by atoms with Gasteiger partial charge in [-0.15, -0.1) is 0 Å². The van der Waals surface area contributed by atoms with Gasteiger partial charge >= 0.3 is 0 Å². The van der Waals surface area contributed by atoms with Crippen LogP contribution in [-0.2, 0) is 0 Å². The van der Waals surface area contributed by atoms with Gasteiger partial charge in [0.2, 0.25) is 0 Å². The molecule has 1 aliphatic rings. The normalized spacial score (nSPS) is 17.0. The molecule has 3 heteroatoms. The molecule has 0 saturated heterocycles. The number of aliphatic imine (C=N–C) groups is 1. The first-order chi connectivity index (χ1) is 16.6. The van der Waals surface area contributed by atoms with Crippen molar-refractivity contribution in [2.75, 3.05) is 14.2 Å². The van der Waals surface area contributed by atoms with Crippen LogP contribution < -0.4 is 9.47 Å². The van der Waals surface area contributed by atoms with Crippen LogP contribution in [-0.4, -0.2) is 19.9 Å². The van der Waals surface area contributed by atoms with Gasteiger partial charge in [0, 0.05) is 17.0 Å². The summed E-state index contributed by atoms with van der Waals surface area (Å²) >= 11 is 0. The topological polar surface area (TPSA) is 30.8 Å². The monoisotopic (exact) mass is 447 g/mol. The van der Waals surface area contributed by atoms with E-state index >= 15 is 0 Å². The number of rotatable bonds is 5. The number of hydrogen-bond acceptors (Lipinski definition) is 3. The average molecular weight is 448 g/mol. The molecule has 1 heterocycles. The zero-order chi connectivity index (χ0) is 23.7. The Kier molecular flexibility index (Phi) is 5.93. The predicted octanol–water partition coefficient (Wildman–Crippen LogP) is 7.04. The van der Waals surface area contributed by atoms with Gasteiger partial charge in [-0.25, -0.2) is 0 Å². The Morgan fingerprint density at radius 1 is 0.618 bits per heavy atom. The van der Waals surface area contributed by atoms with Crippen molar-refractivity contribution in [3.05, 3.63) is 130 Å².